The number of carbonyl (C=O) groups excluding carboxylic acids is 1. The first-order valence-corrected chi connectivity index (χ1v) is 4.00. The van der Waals surface area contributed by atoms with Crippen molar-refractivity contribution < 1.29 is 18.0 Å². The van der Waals surface area contributed by atoms with E-state index in [1.807, 2.05) is 0 Å². The highest BCUT2D eigenvalue weighted by Crippen LogP contribution is 2.16. The van der Waals surface area contributed by atoms with Crippen LogP contribution in [0.25, 0.3) is 0 Å². The molecular formula is C5H5F3N2OS. The summed E-state index contributed by atoms with van der Waals surface area (Å²) >= 11 is 0.981. The Hall–Kier alpha value is -0.720. The molecule has 0 aromatic heterocycles. The average Bonchev–Trinajstić information content (AvgIpc) is 2.30. The largest absolute Gasteiger partial charge is 0.408 e. The van der Waals surface area contributed by atoms with E-state index in [0.29, 0.717) is 0 Å². The first kappa shape index (κ1) is 9.37. The SMILES string of the molecule is O=C1CSC(=NCC(F)(F)F)N1. The second kappa shape index (κ2) is 3.34. The maximum Gasteiger partial charge on any atom is 0.408 e. The van der Waals surface area contributed by atoms with Crippen LogP contribution in [-0.4, -0.2) is 29.5 Å². The second-order valence-electron chi connectivity index (χ2n) is 2.07. The zero-order valence-corrected chi connectivity index (χ0v) is 6.63. The molecule has 0 aliphatic carbocycles. The molecule has 1 saturated heterocycles. The van der Waals surface area contributed by atoms with Crippen molar-refractivity contribution in [1.82, 2.24) is 5.32 Å². The molecule has 3 nitrogen and oxygen atoms in total. The lowest BCUT2D eigenvalue weighted by atomic mass is 10.6. The number of halogens is 3. The van der Waals surface area contributed by atoms with Crippen LogP contribution in [-0.2, 0) is 4.79 Å². The van der Waals surface area contributed by atoms with Crippen LogP contribution < -0.4 is 5.32 Å². The van der Waals surface area contributed by atoms with Gasteiger partial charge < -0.3 is 5.32 Å². The van der Waals surface area contributed by atoms with Crippen molar-refractivity contribution in [3.05, 3.63) is 0 Å². The van der Waals surface area contributed by atoms with Gasteiger partial charge in [-0.25, -0.2) is 0 Å². The van der Waals surface area contributed by atoms with E-state index in [-0.39, 0.29) is 16.8 Å². The van der Waals surface area contributed by atoms with Crippen LogP contribution in [0.5, 0.6) is 0 Å². The molecule has 1 heterocycles. The second-order valence-corrected chi connectivity index (χ2v) is 3.04. The first-order chi connectivity index (χ1) is 5.47. The Labute approximate surface area is 70.4 Å². The van der Waals surface area contributed by atoms with Gasteiger partial charge >= 0.3 is 6.18 Å². The first-order valence-electron chi connectivity index (χ1n) is 3.01. The van der Waals surface area contributed by atoms with Crippen LogP contribution in [0, 0.1) is 0 Å². The van der Waals surface area contributed by atoms with Gasteiger partial charge in [0.1, 0.15) is 6.54 Å². The lowest BCUT2D eigenvalue weighted by Crippen LogP contribution is -2.22. The van der Waals surface area contributed by atoms with Crippen LogP contribution in [0.4, 0.5) is 13.2 Å². The summed E-state index contributed by atoms with van der Waals surface area (Å²) in [7, 11) is 0. The summed E-state index contributed by atoms with van der Waals surface area (Å²) in [6.45, 7) is -1.24. The molecule has 0 saturated carbocycles. The maximum atomic E-state index is 11.6. The Morgan fingerprint density at radius 1 is 1.58 bits per heavy atom. The Morgan fingerprint density at radius 3 is 2.67 bits per heavy atom. The number of nitrogens with zero attached hydrogens (tertiary/aromatic N) is 1. The monoisotopic (exact) mass is 198 g/mol. The minimum absolute atomic E-state index is 0.0531. The van der Waals surface area contributed by atoms with Crippen molar-refractivity contribution in [3.8, 4) is 0 Å². The van der Waals surface area contributed by atoms with Gasteiger partial charge in [-0.15, -0.1) is 0 Å². The third kappa shape index (κ3) is 3.12. The van der Waals surface area contributed by atoms with Crippen molar-refractivity contribution in [2.45, 2.75) is 6.18 Å². The molecule has 0 aromatic carbocycles. The summed E-state index contributed by atoms with van der Waals surface area (Å²) in [5.74, 6) is -0.155. The molecular weight excluding hydrogens is 193 g/mol. The number of aliphatic imine (C=N–C) groups is 1. The Bertz CT molecular complexity index is 225. The van der Waals surface area contributed by atoms with Crippen molar-refractivity contribution in [3.63, 3.8) is 0 Å². The van der Waals surface area contributed by atoms with E-state index in [1.54, 1.807) is 0 Å². The normalized spacial score (nSPS) is 21.6. The summed E-state index contributed by atoms with van der Waals surface area (Å²) in [5, 5.41) is 2.25. The summed E-state index contributed by atoms with van der Waals surface area (Å²) < 4.78 is 34.7. The molecule has 0 spiro atoms. The quantitative estimate of drug-likeness (QED) is 0.676. The molecule has 0 atom stereocenters. The summed E-state index contributed by atoms with van der Waals surface area (Å²) in [6, 6.07) is 0. The van der Waals surface area contributed by atoms with Gasteiger partial charge in [0.25, 0.3) is 0 Å². The Morgan fingerprint density at radius 2 is 2.25 bits per heavy atom. The van der Waals surface area contributed by atoms with Gasteiger partial charge in [0.2, 0.25) is 5.91 Å². The molecule has 0 unspecified atom stereocenters. The lowest BCUT2D eigenvalue weighted by Gasteiger charge is -2.01. The number of amidine groups is 1. The lowest BCUT2D eigenvalue weighted by molar-refractivity contribution is -0.119. The fraction of sp³-hybridized carbons (Fsp3) is 0.600. The zero-order valence-electron chi connectivity index (χ0n) is 5.81. The number of rotatable bonds is 1. The predicted octanol–water partition coefficient (Wildman–Crippen LogP) is 0.768. The molecule has 1 amide bonds. The smallest absolute Gasteiger partial charge is 0.305 e. The van der Waals surface area contributed by atoms with Gasteiger partial charge in [-0.2, -0.15) is 13.2 Å². The zero-order chi connectivity index (χ0) is 9.19. The van der Waals surface area contributed by atoms with Crippen molar-refractivity contribution in [2.24, 2.45) is 4.99 Å². The predicted molar refractivity (Wildman–Crippen MR) is 39.0 cm³/mol. The molecule has 0 bridgehead atoms. The molecule has 0 aromatic rings. The number of alkyl halides is 3. The molecule has 12 heavy (non-hydrogen) atoms. The van der Waals surface area contributed by atoms with Crippen molar-refractivity contribution in [2.75, 3.05) is 12.3 Å². The number of carbonyl (C=O) groups is 1. The van der Waals surface area contributed by atoms with Crippen LogP contribution in [0.3, 0.4) is 0 Å². The summed E-state index contributed by atoms with van der Waals surface area (Å²) in [6.07, 6.45) is -4.30. The summed E-state index contributed by atoms with van der Waals surface area (Å²) in [5.41, 5.74) is 0. The topological polar surface area (TPSA) is 41.5 Å². The molecule has 1 aliphatic rings. The van der Waals surface area contributed by atoms with Gasteiger partial charge in [0.05, 0.1) is 5.75 Å². The highest BCUT2D eigenvalue weighted by atomic mass is 32.2. The van der Waals surface area contributed by atoms with E-state index in [0.717, 1.165) is 11.8 Å². The minimum atomic E-state index is -4.30. The minimum Gasteiger partial charge on any atom is -0.305 e. The van der Waals surface area contributed by atoms with Crippen LogP contribution in [0.1, 0.15) is 0 Å². The molecule has 1 N–H and O–H groups in total. The number of amides is 1. The Kier molecular flexibility index (Phi) is 2.61. The van der Waals surface area contributed by atoms with E-state index in [2.05, 4.69) is 10.3 Å². The Balaban J connectivity index is 2.43. The molecule has 68 valence electrons. The van der Waals surface area contributed by atoms with Gasteiger partial charge in [0, 0.05) is 0 Å². The van der Waals surface area contributed by atoms with Crippen molar-refractivity contribution >= 4 is 22.8 Å². The third-order valence-electron chi connectivity index (χ3n) is 0.988. The molecule has 1 aliphatic heterocycles. The third-order valence-corrected chi connectivity index (χ3v) is 1.90. The fourth-order valence-electron chi connectivity index (χ4n) is 0.572. The molecule has 1 fully saturated rings. The molecule has 7 heteroatoms. The van der Waals surface area contributed by atoms with Gasteiger partial charge in [-0.1, -0.05) is 11.8 Å². The fourth-order valence-corrected chi connectivity index (χ4v) is 1.25. The highest BCUT2D eigenvalue weighted by molar-refractivity contribution is 8.15. The van der Waals surface area contributed by atoms with Crippen LogP contribution in [0.2, 0.25) is 0 Å². The van der Waals surface area contributed by atoms with Gasteiger partial charge in [-0.3, -0.25) is 9.79 Å². The molecule has 1 rings (SSSR count). The number of hydrogen-bond acceptors (Lipinski definition) is 3. The van der Waals surface area contributed by atoms with E-state index in [4.69, 9.17) is 0 Å². The van der Waals surface area contributed by atoms with E-state index in [1.165, 1.54) is 0 Å². The summed E-state index contributed by atoms with van der Waals surface area (Å²) in [4.78, 5) is 13.7. The van der Waals surface area contributed by atoms with E-state index >= 15 is 0 Å². The van der Waals surface area contributed by atoms with E-state index in [9.17, 15) is 18.0 Å². The molecule has 0 radical (unpaired) electrons. The van der Waals surface area contributed by atoms with Gasteiger partial charge in [0.15, 0.2) is 5.17 Å². The number of thioether (sulfide) groups is 1. The van der Waals surface area contributed by atoms with E-state index < -0.39 is 12.7 Å². The number of hydrogen-bond donors (Lipinski definition) is 1. The average molecular weight is 198 g/mol. The van der Waals surface area contributed by atoms with Crippen LogP contribution in [0.15, 0.2) is 4.99 Å². The van der Waals surface area contributed by atoms with Crippen molar-refractivity contribution in [1.29, 1.82) is 0 Å². The number of nitrogens with one attached hydrogen (secondary N) is 1. The van der Waals surface area contributed by atoms with Crippen LogP contribution >= 0.6 is 11.8 Å². The maximum absolute atomic E-state index is 11.6. The standard InChI is InChI=1S/C5H5F3N2OS/c6-5(7,8)2-9-4-10-3(11)1-12-4/h1-2H2,(H,9,10,11). The highest BCUT2D eigenvalue weighted by Gasteiger charge is 2.27. The van der Waals surface area contributed by atoms with Gasteiger partial charge in [-0.05, 0) is 0 Å².